The molecule has 67 heavy (non-hydrogen) atoms. The van der Waals surface area contributed by atoms with Crippen molar-refractivity contribution in [3.8, 4) is 0 Å². The van der Waals surface area contributed by atoms with Gasteiger partial charge in [-0.2, -0.15) is 11.8 Å². The van der Waals surface area contributed by atoms with Gasteiger partial charge in [-0.3, -0.25) is 33.6 Å². The molecule has 0 aromatic heterocycles. The Balaban J connectivity index is -0.0000000833. The number of nitrogens with two attached hydrogens (primary N) is 1. The Kier molecular flexibility index (Phi) is 100. The third-order valence-electron chi connectivity index (χ3n) is 7.04. The summed E-state index contributed by atoms with van der Waals surface area (Å²) >= 11 is 1.86. The number of thioether (sulfide) groups is 1. The van der Waals surface area contributed by atoms with E-state index in [4.69, 9.17) is 24.7 Å². The fourth-order valence-corrected chi connectivity index (χ4v) is 3.44. The number of carbonyl (C=O) groups is 9. The predicted molar refractivity (Wildman–Crippen MR) is 276 cm³/mol. The maximum absolute atomic E-state index is 11.2. The molecule has 0 aliphatic rings. The van der Waals surface area contributed by atoms with Crippen LogP contribution >= 0.6 is 11.8 Å². The maximum Gasteiger partial charge on any atom is 0.302 e. The second kappa shape index (κ2) is 80.0. The number of carbonyl (C=O) groups excluding carboxylic acids is 9. The number of unbranched alkanes of at least 4 members (excludes halogenated alkanes) is 1. The van der Waals surface area contributed by atoms with Crippen molar-refractivity contribution in [2.24, 2.45) is 11.7 Å². The Morgan fingerprint density at radius 1 is 0.597 bits per heavy atom. The molecule has 402 valence electrons. The molecule has 1 unspecified atom stereocenters. The standard InChI is InChI=1S/C11H21NO2.C8H14O3.C7H14O2.C6H12O2.C5H10O2.C4H8O2.C3H9N.C3H6O.C3H8S/c1-3-11(14)8-10(9(2)13)6-4-5-7-12;1-3-4-8(10)6-11-5-7(2)9;1-3-9-6-4-5-7(2)8;1-3-8-5-4-6(2)7;1-3-7-4-5(2)6;1-3-6-4(2)5;1-3-4-2;1-2-3-4;1-3-4-2/h10H,3-8,12H2,1-2H3;3-6H2,1-2H3;3-6H2,1-2H3;3-5H2,1-2H3;3-4H2,1-2H3;3H2,1-2H3;4H,3H2,1-2H3;3H,2H2,1H3;3H2,1-2H3. The zero-order valence-electron chi connectivity index (χ0n) is 45.6. The molecule has 16 nitrogen and oxygen atoms in total. The molecule has 3 N–H and O–H groups in total. The third kappa shape index (κ3) is 133. The minimum atomic E-state index is -0.211. The van der Waals surface area contributed by atoms with Crippen LogP contribution in [-0.2, 0) is 66.8 Å². The number of ether oxygens (including phenoxy) is 5. The third-order valence-corrected chi connectivity index (χ3v) is 7.61. The average molecular weight is 987 g/mol. The number of hydrogen-bond donors (Lipinski definition) is 2. The summed E-state index contributed by atoms with van der Waals surface area (Å²) in [6.45, 7) is 32.3. The molecule has 17 heteroatoms. The highest BCUT2D eigenvalue weighted by Gasteiger charge is 2.16. The van der Waals surface area contributed by atoms with E-state index in [9.17, 15) is 43.2 Å². The van der Waals surface area contributed by atoms with Gasteiger partial charge >= 0.3 is 5.97 Å². The average Bonchev–Trinajstić information content (AvgIpc) is 3.28. The van der Waals surface area contributed by atoms with Crippen LogP contribution < -0.4 is 11.1 Å². The van der Waals surface area contributed by atoms with Gasteiger partial charge in [-0.25, -0.2) is 0 Å². The number of aldehydes is 1. The molecule has 0 saturated carbocycles. The van der Waals surface area contributed by atoms with Crippen LogP contribution in [0.1, 0.15) is 174 Å². The number of Topliss-reactive ketones (excluding diaryl/α,β-unsaturated/α-hetero) is 7. The van der Waals surface area contributed by atoms with Gasteiger partial charge in [0.2, 0.25) is 0 Å². The van der Waals surface area contributed by atoms with E-state index in [2.05, 4.69) is 30.2 Å². The number of nitrogens with one attached hydrogen (secondary N) is 1. The lowest BCUT2D eigenvalue weighted by Crippen LogP contribution is -2.16. The van der Waals surface area contributed by atoms with Gasteiger partial charge in [0.15, 0.2) is 17.3 Å². The second-order valence-electron chi connectivity index (χ2n) is 13.9. The summed E-state index contributed by atoms with van der Waals surface area (Å²) < 4.78 is 23.9. The molecular formula is C50H102N2O14S. The van der Waals surface area contributed by atoms with Gasteiger partial charge in [0.05, 0.1) is 13.2 Å². The highest BCUT2D eigenvalue weighted by atomic mass is 32.2. The molecule has 0 aromatic carbocycles. The molecule has 0 heterocycles. The van der Waals surface area contributed by atoms with Crippen molar-refractivity contribution >= 4 is 64.5 Å². The number of ketones is 7. The number of rotatable bonds is 30. The molecule has 0 radical (unpaired) electrons. The van der Waals surface area contributed by atoms with E-state index in [1.165, 1.54) is 26.5 Å². The van der Waals surface area contributed by atoms with Crippen molar-refractivity contribution in [3.05, 3.63) is 0 Å². The van der Waals surface area contributed by atoms with Gasteiger partial charge in [0.1, 0.15) is 49.2 Å². The van der Waals surface area contributed by atoms with Gasteiger partial charge < -0.3 is 44.3 Å². The van der Waals surface area contributed by atoms with Crippen molar-refractivity contribution < 1.29 is 66.8 Å². The summed E-state index contributed by atoms with van der Waals surface area (Å²) in [6, 6.07) is 0. The van der Waals surface area contributed by atoms with Gasteiger partial charge in [0.25, 0.3) is 0 Å². The fourth-order valence-electron chi connectivity index (χ4n) is 3.44. The van der Waals surface area contributed by atoms with Crippen LogP contribution in [0.2, 0.25) is 0 Å². The summed E-state index contributed by atoms with van der Waals surface area (Å²) in [6.07, 6.45) is 10.7. The Bertz CT molecular complexity index is 1100. The van der Waals surface area contributed by atoms with Gasteiger partial charge in [-0.1, -0.05) is 41.0 Å². The largest absolute Gasteiger partial charge is 0.466 e. The van der Waals surface area contributed by atoms with Crippen LogP contribution in [0.15, 0.2) is 0 Å². The van der Waals surface area contributed by atoms with Gasteiger partial charge in [-0.15, -0.1) is 0 Å². The summed E-state index contributed by atoms with van der Waals surface area (Å²) in [5, 5.41) is 2.93. The quantitative estimate of drug-likeness (QED) is 0.0390. The Labute approximate surface area is 413 Å². The molecule has 0 saturated heterocycles. The lowest BCUT2D eigenvalue weighted by atomic mass is 9.92. The van der Waals surface area contributed by atoms with Gasteiger partial charge in [0, 0.05) is 77.8 Å². The molecule has 0 bridgehead atoms. The van der Waals surface area contributed by atoms with E-state index in [0.717, 1.165) is 58.1 Å². The van der Waals surface area contributed by atoms with E-state index in [1.54, 1.807) is 27.7 Å². The molecule has 1 atom stereocenters. The van der Waals surface area contributed by atoms with E-state index < -0.39 is 0 Å². The molecule has 0 fully saturated rings. The molecular weight excluding hydrogens is 885 g/mol. The van der Waals surface area contributed by atoms with E-state index in [0.29, 0.717) is 71.5 Å². The zero-order chi connectivity index (χ0) is 54.1. The normalized spacial score (nSPS) is 9.46. The predicted octanol–water partition coefficient (Wildman–Crippen LogP) is 8.42. The minimum absolute atomic E-state index is 0.0469. The van der Waals surface area contributed by atoms with Crippen molar-refractivity contribution in [1.82, 2.24) is 5.32 Å². The summed E-state index contributed by atoms with van der Waals surface area (Å²) in [5.41, 5.74) is 5.37. The first-order valence-electron chi connectivity index (χ1n) is 23.8. The first-order chi connectivity index (χ1) is 31.6. The van der Waals surface area contributed by atoms with E-state index >= 15 is 0 Å². The lowest BCUT2D eigenvalue weighted by Gasteiger charge is -2.11. The number of esters is 1. The highest BCUT2D eigenvalue weighted by molar-refractivity contribution is 7.98. The van der Waals surface area contributed by atoms with Crippen LogP contribution in [0.25, 0.3) is 0 Å². The fraction of sp³-hybridized carbons (Fsp3) is 0.820. The Hall–Kier alpha value is -3.06. The Morgan fingerprint density at radius 2 is 1.06 bits per heavy atom. The van der Waals surface area contributed by atoms with Crippen LogP contribution in [0.4, 0.5) is 0 Å². The molecule has 0 rings (SSSR count). The summed E-state index contributed by atoms with van der Waals surface area (Å²) in [7, 11) is 1.93. The molecule has 0 aromatic rings. The van der Waals surface area contributed by atoms with Crippen molar-refractivity contribution in [1.29, 1.82) is 0 Å². The van der Waals surface area contributed by atoms with Crippen molar-refractivity contribution in [3.63, 3.8) is 0 Å². The highest BCUT2D eigenvalue weighted by Crippen LogP contribution is 2.15. The molecule has 0 aliphatic carbocycles. The zero-order valence-corrected chi connectivity index (χ0v) is 46.4. The number of hydrogen-bond acceptors (Lipinski definition) is 17. The van der Waals surface area contributed by atoms with Crippen LogP contribution in [0.3, 0.4) is 0 Å². The Morgan fingerprint density at radius 3 is 1.34 bits per heavy atom. The minimum Gasteiger partial charge on any atom is -0.466 e. The van der Waals surface area contributed by atoms with Crippen LogP contribution in [0.5, 0.6) is 0 Å². The molecule has 0 amide bonds. The second-order valence-corrected chi connectivity index (χ2v) is 15.1. The smallest absolute Gasteiger partial charge is 0.302 e. The maximum atomic E-state index is 11.2. The molecule has 0 spiro atoms. The first-order valence-corrected chi connectivity index (χ1v) is 25.2. The van der Waals surface area contributed by atoms with Crippen LogP contribution in [-0.4, -0.2) is 144 Å². The SMILES string of the molecule is CCC(=O)CC(CCCCN)C(C)=O.CCC=O.CCCC(=O)COCC(C)=O.CCNC.CCOC(C)=O.CCOCC(C)=O.CCOCCC(C)=O.CCOCCCC(C)=O.CCSC. The van der Waals surface area contributed by atoms with Crippen LogP contribution in [0, 0.1) is 5.92 Å². The van der Waals surface area contributed by atoms with Crippen molar-refractivity contribution in [2.45, 2.75) is 174 Å². The first kappa shape index (κ1) is 83.9. The molecule has 0 aliphatic heterocycles. The summed E-state index contributed by atoms with van der Waals surface area (Å²) in [4.78, 5) is 93.2. The van der Waals surface area contributed by atoms with E-state index in [-0.39, 0.29) is 72.2 Å². The topological polar surface area (TPSA) is 238 Å². The summed E-state index contributed by atoms with van der Waals surface area (Å²) in [5.74, 6) is 1.80. The monoisotopic (exact) mass is 987 g/mol. The van der Waals surface area contributed by atoms with Gasteiger partial charge in [-0.05, 0) is 120 Å². The lowest BCUT2D eigenvalue weighted by molar-refractivity contribution is -0.140. The van der Waals surface area contributed by atoms with E-state index in [1.807, 2.05) is 60.4 Å². The van der Waals surface area contributed by atoms with Crippen molar-refractivity contribution in [2.75, 3.05) is 91.6 Å².